The molecule has 0 atom stereocenters. The number of carbonyl (C=O) groups is 1. The van der Waals surface area contributed by atoms with Crippen LogP contribution in [0.2, 0.25) is 5.02 Å². The first kappa shape index (κ1) is 12.7. The molecule has 0 aromatic heterocycles. The molecule has 0 radical (unpaired) electrons. The normalized spacial score (nSPS) is 10.4. The lowest BCUT2D eigenvalue weighted by molar-refractivity contribution is 0.103. The highest BCUT2D eigenvalue weighted by Crippen LogP contribution is 2.22. The standard InChI is InChI=1S/C14H9ClF2O/c1-8-6-13(17)10(7-12(8)16)14(18)9-4-2-3-5-11(9)15/h2-7H,1H3. The Labute approximate surface area is 108 Å². The minimum atomic E-state index is -0.751. The van der Waals surface area contributed by atoms with Crippen LogP contribution in [-0.2, 0) is 0 Å². The molecule has 92 valence electrons. The lowest BCUT2D eigenvalue weighted by Gasteiger charge is -2.06. The first-order valence-corrected chi connectivity index (χ1v) is 5.63. The molecule has 0 fully saturated rings. The van der Waals surface area contributed by atoms with Gasteiger partial charge in [0.2, 0.25) is 0 Å². The molecule has 0 amide bonds. The predicted molar refractivity (Wildman–Crippen MR) is 66.0 cm³/mol. The molecular formula is C14H9ClF2O. The van der Waals surface area contributed by atoms with Crippen LogP contribution < -0.4 is 0 Å². The maximum absolute atomic E-state index is 13.7. The Balaban J connectivity index is 2.53. The fraction of sp³-hybridized carbons (Fsp3) is 0.0714. The molecule has 0 aliphatic carbocycles. The predicted octanol–water partition coefficient (Wildman–Crippen LogP) is 4.16. The highest BCUT2D eigenvalue weighted by atomic mass is 35.5. The largest absolute Gasteiger partial charge is 0.288 e. The van der Waals surface area contributed by atoms with E-state index in [4.69, 9.17) is 11.6 Å². The summed E-state index contributed by atoms with van der Waals surface area (Å²) in [4.78, 5) is 12.1. The van der Waals surface area contributed by atoms with E-state index in [2.05, 4.69) is 0 Å². The lowest BCUT2D eigenvalue weighted by Crippen LogP contribution is -2.06. The quantitative estimate of drug-likeness (QED) is 0.746. The van der Waals surface area contributed by atoms with E-state index in [1.165, 1.54) is 19.1 Å². The van der Waals surface area contributed by atoms with Crippen molar-refractivity contribution in [1.82, 2.24) is 0 Å². The van der Waals surface area contributed by atoms with Crippen molar-refractivity contribution in [3.63, 3.8) is 0 Å². The van der Waals surface area contributed by atoms with Crippen molar-refractivity contribution >= 4 is 17.4 Å². The van der Waals surface area contributed by atoms with Gasteiger partial charge >= 0.3 is 0 Å². The van der Waals surface area contributed by atoms with Crippen molar-refractivity contribution in [1.29, 1.82) is 0 Å². The van der Waals surface area contributed by atoms with Crippen molar-refractivity contribution < 1.29 is 13.6 Å². The second-order valence-corrected chi connectivity index (χ2v) is 4.30. The molecular weight excluding hydrogens is 258 g/mol. The van der Waals surface area contributed by atoms with E-state index in [-0.39, 0.29) is 21.7 Å². The van der Waals surface area contributed by atoms with Crippen molar-refractivity contribution in [2.75, 3.05) is 0 Å². The molecule has 0 aliphatic heterocycles. The topological polar surface area (TPSA) is 17.1 Å². The number of benzene rings is 2. The molecule has 2 rings (SSSR count). The van der Waals surface area contributed by atoms with Crippen molar-refractivity contribution in [3.05, 3.63) is 69.7 Å². The maximum Gasteiger partial charge on any atom is 0.197 e. The minimum Gasteiger partial charge on any atom is -0.288 e. The summed E-state index contributed by atoms with van der Waals surface area (Å²) in [6, 6.07) is 8.17. The molecule has 0 aliphatic rings. The lowest BCUT2D eigenvalue weighted by atomic mass is 10.0. The summed E-state index contributed by atoms with van der Waals surface area (Å²) in [5.74, 6) is -2.00. The van der Waals surface area contributed by atoms with Gasteiger partial charge in [-0.15, -0.1) is 0 Å². The average molecular weight is 267 g/mol. The Hall–Kier alpha value is -1.74. The SMILES string of the molecule is Cc1cc(F)c(C(=O)c2ccccc2Cl)cc1F. The fourth-order valence-corrected chi connectivity index (χ4v) is 1.83. The van der Waals surface area contributed by atoms with Crippen LogP contribution in [0.4, 0.5) is 8.78 Å². The number of aryl methyl sites for hydroxylation is 1. The highest BCUT2D eigenvalue weighted by molar-refractivity contribution is 6.35. The third-order valence-corrected chi connectivity index (χ3v) is 2.94. The van der Waals surface area contributed by atoms with Gasteiger partial charge in [-0.05, 0) is 36.8 Å². The summed E-state index contributed by atoms with van der Waals surface area (Å²) >= 11 is 5.86. The van der Waals surface area contributed by atoms with Crippen molar-refractivity contribution in [3.8, 4) is 0 Å². The van der Waals surface area contributed by atoms with Gasteiger partial charge in [0.15, 0.2) is 5.78 Å². The van der Waals surface area contributed by atoms with Crippen LogP contribution >= 0.6 is 11.6 Å². The Morgan fingerprint density at radius 3 is 2.39 bits per heavy atom. The summed E-state index contributed by atoms with van der Waals surface area (Å²) in [7, 11) is 0. The summed E-state index contributed by atoms with van der Waals surface area (Å²) < 4.78 is 27.1. The van der Waals surface area contributed by atoms with Crippen LogP contribution in [0.5, 0.6) is 0 Å². The number of hydrogen-bond acceptors (Lipinski definition) is 1. The molecule has 18 heavy (non-hydrogen) atoms. The van der Waals surface area contributed by atoms with Crippen LogP contribution in [0.15, 0.2) is 36.4 Å². The Morgan fingerprint density at radius 1 is 1.06 bits per heavy atom. The van der Waals surface area contributed by atoms with Gasteiger partial charge in [-0.3, -0.25) is 4.79 Å². The third kappa shape index (κ3) is 2.27. The van der Waals surface area contributed by atoms with Crippen LogP contribution in [0.3, 0.4) is 0 Å². The number of hydrogen-bond donors (Lipinski definition) is 0. The van der Waals surface area contributed by atoms with Gasteiger partial charge in [0.25, 0.3) is 0 Å². The van der Waals surface area contributed by atoms with E-state index in [0.29, 0.717) is 0 Å². The fourth-order valence-electron chi connectivity index (χ4n) is 1.61. The number of ketones is 1. The zero-order valence-corrected chi connectivity index (χ0v) is 10.3. The van der Waals surface area contributed by atoms with Crippen LogP contribution in [0.1, 0.15) is 21.5 Å². The molecule has 2 aromatic carbocycles. The summed E-state index contributed by atoms with van der Waals surface area (Å²) in [5, 5.41) is 0.211. The van der Waals surface area contributed by atoms with Gasteiger partial charge in [-0.2, -0.15) is 0 Å². The van der Waals surface area contributed by atoms with Crippen LogP contribution in [0.25, 0.3) is 0 Å². The average Bonchev–Trinajstić information content (AvgIpc) is 2.33. The second kappa shape index (κ2) is 4.86. The van der Waals surface area contributed by atoms with Gasteiger partial charge < -0.3 is 0 Å². The molecule has 2 aromatic rings. The molecule has 0 saturated heterocycles. The van der Waals surface area contributed by atoms with Gasteiger partial charge in [-0.25, -0.2) is 8.78 Å². The Bertz CT molecular complexity index is 623. The minimum absolute atomic E-state index is 0.154. The van der Waals surface area contributed by atoms with Crippen molar-refractivity contribution in [2.24, 2.45) is 0 Å². The van der Waals surface area contributed by atoms with E-state index < -0.39 is 17.4 Å². The summed E-state index contributed by atoms with van der Waals surface area (Å²) in [6.07, 6.45) is 0. The highest BCUT2D eigenvalue weighted by Gasteiger charge is 2.18. The van der Waals surface area contributed by atoms with Gasteiger partial charge in [0.1, 0.15) is 11.6 Å². The summed E-state index contributed by atoms with van der Waals surface area (Å²) in [6.45, 7) is 1.43. The van der Waals surface area contributed by atoms with Gasteiger partial charge in [0, 0.05) is 5.56 Å². The van der Waals surface area contributed by atoms with E-state index in [0.717, 1.165) is 12.1 Å². The van der Waals surface area contributed by atoms with E-state index in [1.807, 2.05) is 0 Å². The van der Waals surface area contributed by atoms with Crippen LogP contribution in [0, 0.1) is 18.6 Å². The molecule has 0 bridgehead atoms. The molecule has 0 spiro atoms. The zero-order chi connectivity index (χ0) is 13.3. The Kier molecular flexibility index (Phi) is 3.43. The second-order valence-electron chi connectivity index (χ2n) is 3.89. The third-order valence-electron chi connectivity index (χ3n) is 2.61. The Morgan fingerprint density at radius 2 is 1.72 bits per heavy atom. The summed E-state index contributed by atoms with van der Waals surface area (Å²) in [5.41, 5.74) is -0.00396. The van der Waals surface area contributed by atoms with E-state index >= 15 is 0 Å². The van der Waals surface area contributed by atoms with Crippen LogP contribution in [-0.4, -0.2) is 5.78 Å². The first-order chi connectivity index (χ1) is 8.50. The number of halogens is 3. The van der Waals surface area contributed by atoms with E-state index in [9.17, 15) is 13.6 Å². The number of carbonyl (C=O) groups excluding carboxylic acids is 1. The van der Waals surface area contributed by atoms with E-state index in [1.54, 1.807) is 12.1 Å². The molecule has 1 nitrogen and oxygen atoms in total. The molecule has 0 unspecified atom stereocenters. The molecule has 0 N–H and O–H groups in total. The zero-order valence-electron chi connectivity index (χ0n) is 9.51. The van der Waals surface area contributed by atoms with Crippen molar-refractivity contribution in [2.45, 2.75) is 6.92 Å². The molecule has 4 heteroatoms. The van der Waals surface area contributed by atoms with Gasteiger partial charge in [0.05, 0.1) is 10.6 Å². The van der Waals surface area contributed by atoms with Gasteiger partial charge in [-0.1, -0.05) is 23.7 Å². The maximum atomic E-state index is 13.7. The molecule has 0 saturated carbocycles. The monoisotopic (exact) mass is 266 g/mol. The molecule has 0 heterocycles. The smallest absolute Gasteiger partial charge is 0.197 e. The number of rotatable bonds is 2. The first-order valence-electron chi connectivity index (χ1n) is 5.25.